The normalized spacial score (nSPS) is 18.0. The van der Waals surface area contributed by atoms with Gasteiger partial charge in [0.25, 0.3) is 0 Å². The summed E-state index contributed by atoms with van der Waals surface area (Å²) in [5.74, 6) is 0. The first-order valence-electron chi connectivity index (χ1n) is 7.60. The number of nitrogens with zero attached hydrogens (tertiary/aromatic N) is 2. The summed E-state index contributed by atoms with van der Waals surface area (Å²) >= 11 is 13.4. The second-order valence-corrected chi connectivity index (χ2v) is 8.62. The zero-order chi connectivity index (χ0) is 17.2. The lowest BCUT2D eigenvalue weighted by molar-refractivity contribution is 0.556. The van der Waals surface area contributed by atoms with E-state index in [9.17, 15) is 0 Å². The van der Waals surface area contributed by atoms with Crippen LogP contribution in [-0.2, 0) is 0 Å². The Hall–Kier alpha value is -1.56. The van der Waals surface area contributed by atoms with E-state index in [0.29, 0.717) is 10.1 Å². The van der Waals surface area contributed by atoms with Crippen molar-refractivity contribution in [1.82, 2.24) is 4.90 Å². The average molecular weight is 376 g/mol. The van der Waals surface area contributed by atoms with E-state index in [1.807, 2.05) is 59.5 Å². The Morgan fingerprint density at radius 2 is 1.96 bits per heavy atom. The first kappa shape index (κ1) is 17.3. The predicted octanol–water partition coefficient (Wildman–Crippen LogP) is 5.55. The highest BCUT2D eigenvalue weighted by Gasteiger charge is 2.37. The third-order valence-corrected chi connectivity index (χ3v) is 5.17. The van der Waals surface area contributed by atoms with Gasteiger partial charge in [-0.3, -0.25) is 4.90 Å². The summed E-state index contributed by atoms with van der Waals surface area (Å²) in [6.45, 7) is 5.19. The number of benzene rings is 2. The van der Waals surface area contributed by atoms with Gasteiger partial charge < -0.3 is 5.32 Å². The lowest BCUT2D eigenvalue weighted by atomic mass is 10.2. The monoisotopic (exact) mass is 375 g/mol. The highest BCUT2D eigenvalue weighted by molar-refractivity contribution is 8.15. The van der Waals surface area contributed by atoms with Crippen molar-refractivity contribution in [2.75, 3.05) is 11.9 Å². The maximum Gasteiger partial charge on any atom is 0.179 e. The number of para-hydroxylation sites is 1. The Balaban J connectivity index is 1.83. The number of thioether (sulfide) groups is 1. The first-order chi connectivity index (χ1) is 11.4. The highest BCUT2D eigenvalue weighted by Crippen LogP contribution is 2.37. The molecule has 1 fully saturated rings. The minimum atomic E-state index is 0.0493. The molecular formula is C18H18ClN3S2. The molecule has 24 heavy (non-hydrogen) atoms. The van der Waals surface area contributed by atoms with E-state index in [0.717, 1.165) is 23.1 Å². The van der Waals surface area contributed by atoms with Gasteiger partial charge in [0, 0.05) is 22.0 Å². The summed E-state index contributed by atoms with van der Waals surface area (Å²) in [6, 6.07) is 17.5. The van der Waals surface area contributed by atoms with Crippen molar-refractivity contribution < 1.29 is 0 Å². The van der Waals surface area contributed by atoms with E-state index in [2.05, 4.69) is 19.2 Å². The average Bonchev–Trinajstić information content (AvgIpc) is 2.83. The van der Waals surface area contributed by atoms with E-state index in [1.165, 1.54) is 0 Å². The maximum absolute atomic E-state index is 6.04. The molecule has 124 valence electrons. The van der Waals surface area contributed by atoms with Crippen molar-refractivity contribution in [1.29, 1.82) is 0 Å². The summed E-state index contributed by atoms with van der Waals surface area (Å²) in [6.07, 6.45) is 0. The number of hydrogen-bond donors (Lipinski definition) is 1. The minimum absolute atomic E-state index is 0.0493. The van der Waals surface area contributed by atoms with E-state index in [4.69, 9.17) is 28.8 Å². The van der Waals surface area contributed by atoms with Crippen LogP contribution in [0.4, 0.5) is 11.4 Å². The first-order valence-corrected chi connectivity index (χ1v) is 9.20. The molecule has 1 N–H and O–H groups in total. The summed E-state index contributed by atoms with van der Waals surface area (Å²) in [5, 5.41) is 5.47. The van der Waals surface area contributed by atoms with E-state index in [-0.39, 0.29) is 4.75 Å². The van der Waals surface area contributed by atoms with Crippen LogP contribution in [0.25, 0.3) is 0 Å². The van der Waals surface area contributed by atoms with Gasteiger partial charge >= 0.3 is 0 Å². The molecule has 1 heterocycles. The van der Waals surface area contributed by atoms with Crippen LogP contribution in [0.2, 0.25) is 5.02 Å². The molecule has 0 saturated carbocycles. The zero-order valence-corrected chi connectivity index (χ0v) is 15.9. The number of rotatable bonds is 2. The van der Waals surface area contributed by atoms with Gasteiger partial charge in [-0.25, -0.2) is 4.99 Å². The number of hydrogen-bond acceptors (Lipinski definition) is 3. The molecule has 2 aromatic rings. The molecule has 2 aromatic carbocycles. The molecule has 1 saturated heterocycles. The molecule has 0 aliphatic carbocycles. The molecule has 0 aromatic heterocycles. The molecule has 6 heteroatoms. The van der Waals surface area contributed by atoms with Crippen LogP contribution in [0.15, 0.2) is 59.6 Å². The smallest absolute Gasteiger partial charge is 0.179 e. The van der Waals surface area contributed by atoms with Gasteiger partial charge in [-0.05, 0) is 56.4 Å². The summed E-state index contributed by atoms with van der Waals surface area (Å²) < 4.78 is 0.0493. The number of thiocarbonyl (C=S) groups is 1. The number of amidine groups is 1. The summed E-state index contributed by atoms with van der Waals surface area (Å²) in [4.78, 5) is 6.82. The maximum atomic E-state index is 6.04. The number of nitrogens with one attached hydrogen (secondary N) is 1. The number of halogens is 1. The number of aliphatic imine (C=N–C) groups is 1. The third kappa shape index (κ3) is 4.29. The van der Waals surface area contributed by atoms with Crippen LogP contribution in [0, 0.1) is 0 Å². The molecule has 0 unspecified atom stereocenters. The van der Waals surface area contributed by atoms with Crippen LogP contribution < -0.4 is 5.32 Å². The lowest BCUT2D eigenvalue weighted by Gasteiger charge is -2.21. The van der Waals surface area contributed by atoms with Crippen LogP contribution in [0.5, 0.6) is 0 Å². The summed E-state index contributed by atoms with van der Waals surface area (Å²) in [5.41, 5.74) is 1.80. The van der Waals surface area contributed by atoms with Crippen molar-refractivity contribution in [3.63, 3.8) is 0 Å². The van der Waals surface area contributed by atoms with E-state index < -0.39 is 0 Å². The third-order valence-electron chi connectivity index (χ3n) is 3.44. The van der Waals surface area contributed by atoms with Crippen molar-refractivity contribution in [3.05, 3.63) is 59.6 Å². The van der Waals surface area contributed by atoms with Gasteiger partial charge in [-0.2, -0.15) is 0 Å². The second-order valence-electron chi connectivity index (χ2n) is 6.12. The van der Waals surface area contributed by atoms with Crippen LogP contribution >= 0.6 is 35.6 Å². The Morgan fingerprint density at radius 1 is 1.21 bits per heavy atom. The zero-order valence-electron chi connectivity index (χ0n) is 13.5. The molecule has 3 nitrogen and oxygen atoms in total. The fraction of sp³-hybridized carbons (Fsp3) is 0.222. The Bertz CT molecular complexity index is 775. The Morgan fingerprint density at radius 3 is 2.67 bits per heavy atom. The Kier molecular flexibility index (Phi) is 5.13. The van der Waals surface area contributed by atoms with Gasteiger partial charge in [-0.1, -0.05) is 47.6 Å². The van der Waals surface area contributed by atoms with Gasteiger partial charge in [0.05, 0.1) is 5.69 Å². The van der Waals surface area contributed by atoms with Gasteiger partial charge in [0.2, 0.25) is 0 Å². The van der Waals surface area contributed by atoms with Crippen LogP contribution in [0.1, 0.15) is 13.8 Å². The predicted molar refractivity (Wildman–Crippen MR) is 110 cm³/mol. The van der Waals surface area contributed by atoms with Crippen molar-refractivity contribution in [2.45, 2.75) is 18.6 Å². The van der Waals surface area contributed by atoms with E-state index in [1.54, 1.807) is 11.8 Å². The van der Waals surface area contributed by atoms with Gasteiger partial charge in [0.1, 0.15) is 0 Å². The van der Waals surface area contributed by atoms with E-state index >= 15 is 0 Å². The molecule has 0 radical (unpaired) electrons. The van der Waals surface area contributed by atoms with Gasteiger partial charge in [0.15, 0.2) is 10.3 Å². The largest absolute Gasteiger partial charge is 0.332 e. The van der Waals surface area contributed by atoms with Crippen LogP contribution in [0.3, 0.4) is 0 Å². The minimum Gasteiger partial charge on any atom is -0.332 e. The molecule has 0 amide bonds. The quantitative estimate of drug-likeness (QED) is 0.696. The fourth-order valence-electron chi connectivity index (χ4n) is 2.39. The van der Waals surface area contributed by atoms with Crippen molar-refractivity contribution >= 4 is 57.2 Å². The topological polar surface area (TPSA) is 27.6 Å². The second kappa shape index (κ2) is 7.13. The van der Waals surface area contributed by atoms with Gasteiger partial charge in [-0.15, -0.1) is 0 Å². The molecule has 1 aliphatic rings. The molecule has 3 rings (SSSR count). The highest BCUT2D eigenvalue weighted by atomic mass is 35.5. The SMILES string of the molecule is CC1(C)CN(C(=S)Nc2cccc(Cl)c2)/C(=N\c2ccccc2)S1. The fourth-order valence-corrected chi connectivity index (χ4v) is 4.02. The summed E-state index contributed by atoms with van der Waals surface area (Å²) in [7, 11) is 0. The number of anilines is 1. The molecule has 0 atom stereocenters. The Labute approximate surface area is 157 Å². The van der Waals surface area contributed by atoms with Crippen LogP contribution in [-0.4, -0.2) is 26.5 Å². The lowest BCUT2D eigenvalue weighted by Crippen LogP contribution is -2.37. The molecular weight excluding hydrogens is 358 g/mol. The molecule has 0 spiro atoms. The molecule has 0 bridgehead atoms. The molecule has 1 aliphatic heterocycles. The van der Waals surface area contributed by atoms with Crippen molar-refractivity contribution in [3.8, 4) is 0 Å². The standard InChI is InChI=1S/C18H18ClN3S2/c1-18(2)12-22(16(23)20-15-10-6-7-13(19)11-15)17(24-18)21-14-8-4-3-5-9-14/h3-11H,12H2,1-2H3,(H,20,23)/b21-17+. The van der Waals surface area contributed by atoms with Crippen molar-refractivity contribution in [2.24, 2.45) is 4.99 Å².